The van der Waals surface area contributed by atoms with E-state index < -0.39 is 228 Å². The zero-order valence-electron chi connectivity index (χ0n) is 61.9. The van der Waals surface area contributed by atoms with Crippen LogP contribution in [-0.4, -0.2) is 451 Å². The number of aliphatic carboxylic acids is 9. The van der Waals surface area contributed by atoms with E-state index in [4.69, 9.17) is 13.3 Å². The number of carbonyl (C=O) groups excluding carboxylic acids is 6. The lowest BCUT2D eigenvalue weighted by molar-refractivity contribution is -0.141. The zero-order valence-corrected chi connectivity index (χ0v) is 61.9. The molecule has 48 heteroatoms. The van der Waals surface area contributed by atoms with Gasteiger partial charge in [0, 0.05) is 164 Å². The van der Waals surface area contributed by atoms with Crippen molar-refractivity contribution in [3.05, 3.63) is 53.5 Å². The maximum Gasteiger partial charge on any atom is 0.317 e. The molecule has 15 N–H and O–H groups in total. The number of oxazole rings is 3. The highest BCUT2D eigenvalue weighted by Gasteiger charge is 2.34. The molecule has 3 fully saturated rings. The molecule has 48 nitrogen and oxygen atoms in total. The summed E-state index contributed by atoms with van der Waals surface area (Å²) in [5.41, 5.74) is -1.19. The summed E-state index contributed by atoms with van der Waals surface area (Å²) >= 11 is 0. The Morgan fingerprint density at radius 3 is 0.965 bits per heavy atom. The van der Waals surface area contributed by atoms with Gasteiger partial charge in [-0.1, -0.05) is 0 Å². The molecule has 7 rings (SSSR count). The molecule has 113 heavy (non-hydrogen) atoms. The third-order valence-corrected chi connectivity index (χ3v) is 18.4. The molecule has 0 unspecified atom stereocenters. The second-order valence-corrected chi connectivity index (χ2v) is 27.2. The Morgan fingerprint density at radius 1 is 0.327 bits per heavy atom. The number of fused-ring (bicyclic) bond motifs is 6. The van der Waals surface area contributed by atoms with Crippen molar-refractivity contribution in [1.29, 1.82) is 0 Å². The van der Waals surface area contributed by atoms with Crippen molar-refractivity contribution in [2.24, 2.45) is 0 Å². The number of hydrogen-bond donors (Lipinski definition) is 15. The summed E-state index contributed by atoms with van der Waals surface area (Å²) in [6.45, 7) is -6.07. The summed E-state index contributed by atoms with van der Waals surface area (Å²) in [5.74, 6) is -16.9. The number of aromatic nitrogens is 3. The quantitative estimate of drug-likeness (QED) is 0.0321. The number of nitrogens with zero attached hydrogens (tertiary/aromatic N) is 15. The molecule has 0 saturated carbocycles. The molecule has 0 aliphatic carbocycles. The lowest BCUT2D eigenvalue weighted by atomic mass is 10.2. The normalized spacial score (nSPS) is 20.5. The Kier molecular flexibility index (Phi) is 35.5. The third-order valence-electron chi connectivity index (χ3n) is 18.4. The third kappa shape index (κ3) is 32.3. The van der Waals surface area contributed by atoms with E-state index in [1.807, 2.05) is 0 Å². The molecule has 4 aliphatic heterocycles. The van der Waals surface area contributed by atoms with Gasteiger partial charge in [0.2, 0.25) is 23.6 Å². The number of hydrogen-bond acceptors (Lipinski definition) is 32. The summed E-state index contributed by atoms with van der Waals surface area (Å²) in [7, 11) is 0. The molecule has 3 atom stereocenters. The molecule has 3 saturated heterocycles. The molecule has 6 bridgehead atoms. The van der Waals surface area contributed by atoms with Gasteiger partial charge in [0.05, 0.1) is 84.7 Å². The number of urea groups is 1. The Balaban J connectivity index is 1.19. The zero-order chi connectivity index (χ0) is 82.3. The van der Waals surface area contributed by atoms with Crippen LogP contribution in [0.5, 0.6) is 0 Å². The van der Waals surface area contributed by atoms with Crippen molar-refractivity contribution >= 4 is 89.3 Å². The molecule has 0 aromatic carbocycles. The van der Waals surface area contributed by atoms with E-state index in [2.05, 4.69) is 46.9 Å². The van der Waals surface area contributed by atoms with Gasteiger partial charge in [0.25, 0.3) is 17.7 Å². The topological polar surface area (TPSA) is 627 Å². The van der Waals surface area contributed by atoms with Crippen molar-refractivity contribution in [3.8, 4) is 0 Å². The standard InChI is InChI=1S/C65H97N21O27/c87-48(27-76-5-8-77(30-51(91)92)10-12-79(32-53(95)96)13-11-78(9-6-76)31-52(93)94)66-25-43-62-73-46(39-111-62)59(107)69-42(24-68-65(110)86-22-20-82(35-56(101)102)16-14-80(33-54(97)98)15-17-83(21-23-86)36-57(103)104)45-38-113-64(72-45)61(109)71-44(63-74-47(40-112-63)60(108)70-43)26-67-49(88)28-84-3-1-2-75(29-50(89)90)4-7-81(34-55(99)100)18-19-85(41-84)37-58(105)106/h38-40,42-44H,1-37,41H2,(H,66,87)(H,67,88)(H,68,110)(H,69,107)(H,70,108)(H,71,109)(H,89,90)(H,91,92)(H,93,94)(H,95,96)(H,97,98)(H,99,100)(H,101,102)(H,103,104)(H,105,106)/t42-,43-,44-/m0/s1. The Hall–Kier alpha value is -11.0. The maximum absolute atomic E-state index is 14.5. The number of nitrogens with one attached hydrogen (secondary N) is 6. The maximum atomic E-state index is 14.5. The van der Waals surface area contributed by atoms with Gasteiger partial charge in [0.1, 0.15) is 36.6 Å². The van der Waals surface area contributed by atoms with Crippen LogP contribution in [0.3, 0.4) is 0 Å². The number of carbonyl (C=O) groups is 15. The Morgan fingerprint density at radius 2 is 0.602 bits per heavy atom. The van der Waals surface area contributed by atoms with Gasteiger partial charge < -0.3 is 96.0 Å². The van der Waals surface area contributed by atoms with Crippen molar-refractivity contribution in [2.75, 3.05) is 242 Å². The summed E-state index contributed by atoms with van der Waals surface area (Å²) < 4.78 is 17.3. The molecule has 0 spiro atoms. The van der Waals surface area contributed by atoms with E-state index >= 15 is 0 Å². The first-order chi connectivity index (χ1) is 53.8. The predicted molar refractivity (Wildman–Crippen MR) is 380 cm³/mol. The van der Waals surface area contributed by atoms with Crippen LogP contribution in [0.1, 0.15) is 73.7 Å². The lowest BCUT2D eigenvalue weighted by Crippen LogP contribution is -2.52. The van der Waals surface area contributed by atoms with Gasteiger partial charge in [-0.3, -0.25) is 121 Å². The highest BCUT2D eigenvalue weighted by Crippen LogP contribution is 2.21. The van der Waals surface area contributed by atoms with Gasteiger partial charge in [-0.2, -0.15) is 0 Å². The van der Waals surface area contributed by atoms with E-state index in [1.165, 1.54) is 29.4 Å². The Bertz CT molecular complexity index is 3720. The highest BCUT2D eigenvalue weighted by atomic mass is 16.4. The minimum absolute atomic E-state index is 0.00481. The molecule has 7 heterocycles. The molecule has 0 radical (unpaired) electrons. The first-order valence-electron chi connectivity index (χ1n) is 36.0. The first-order valence-corrected chi connectivity index (χ1v) is 36.0. The molecule has 3 aromatic heterocycles. The number of carboxylic acid groups (broad SMARTS) is 9. The predicted octanol–water partition coefficient (Wildman–Crippen LogP) is -7.91. The van der Waals surface area contributed by atoms with Crippen LogP contribution < -0.4 is 31.9 Å². The van der Waals surface area contributed by atoms with E-state index in [1.54, 1.807) is 29.4 Å². The summed E-state index contributed by atoms with van der Waals surface area (Å²) in [6, 6.07) is -5.35. The van der Waals surface area contributed by atoms with Crippen LogP contribution in [0.15, 0.2) is 32.0 Å². The lowest BCUT2D eigenvalue weighted by Gasteiger charge is -2.33. The number of carboxylic acids is 9. The minimum Gasteiger partial charge on any atom is -0.480 e. The van der Waals surface area contributed by atoms with Gasteiger partial charge in [0.15, 0.2) is 11.4 Å². The average Bonchev–Trinajstić information content (AvgIpc) is 1.68. The molecule has 3 aromatic rings. The second-order valence-electron chi connectivity index (χ2n) is 27.2. The van der Waals surface area contributed by atoms with Gasteiger partial charge in [-0.25, -0.2) is 19.7 Å². The average molecular weight is 1600 g/mol. The molecular weight excluding hydrogens is 1510 g/mol. The summed E-state index contributed by atoms with van der Waals surface area (Å²) in [6.07, 6.45) is 2.96. The van der Waals surface area contributed by atoms with Crippen molar-refractivity contribution < 1.29 is 131 Å². The minimum atomic E-state index is -1.53. The largest absolute Gasteiger partial charge is 0.480 e. The second kappa shape index (κ2) is 44.9. The van der Waals surface area contributed by atoms with Crippen LogP contribution in [0, 0.1) is 0 Å². The van der Waals surface area contributed by atoms with Gasteiger partial charge >= 0.3 is 65.7 Å². The fourth-order valence-electron chi connectivity index (χ4n) is 12.7. The van der Waals surface area contributed by atoms with Crippen LogP contribution in [0.4, 0.5) is 4.79 Å². The fourth-order valence-corrected chi connectivity index (χ4v) is 12.7. The van der Waals surface area contributed by atoms with Crippen molar-refractivity contribution in [1.82, 2.24) is 106 Å². The van der Waals surface area contributed by atoms with E-state index in [0.29, 0.717) is 0 Å². The monoisotopic (exact) mass is 1600 g/mol. The number of rotatable bonds is 28. The Labute approximate surface area is 644 Å². The van der Waals surface area contributed by atoms with Gasteiger partial charge in [-0.05, 0) is 6.42 Å². The molecule has 4 aliphatic rings. The fraction of sp³-hybridized carbons (Fsp3) is 0.631. The first kappa shape index (κ1) is 89.2. The SMILES string of the molecule is O=C(O)CN1CCCN(CC(=O)NC[C@@H]2NC(=O)c3nc(co3)[C@H](CNC(=O)N3CCN(CC(=O)O)CCN(CC(=O)O)CCN(CC(=O)O)CC3)NC(=O)c3coc(n3)[C@H](CNC(=O)CN3CCN(CC(=O)O)CCN(CC(=O)O)CCN(CC(=O)O)CC3)NC(=O)c3coc2n3)CN(CC(=O)O)CCN(CC(=O)O)CC1. The van der Waals surface area contributed by atoms with Crippen molar-refractivity contribution in [3.63, 3.8) is 0 Å². The van der Waals surface area contributed by atoms with Gasteiger partial charge in [-0.15, -0.1) is 0 Å². The van der Waals surface area contributed by atoms with Crippen molar-refractivity contribution in [2.45, 2.75) is 24.5 Å². The van der Waals surface area contributed by atoms with E-state index in [9.17, 15) is 118 Å². The van der Waals surface area contributed by atoms with E-state index in [-0.39, 0.29) is 163 Å². The van der Waals surface area contributed by atoms with Crippen LogP contribution in [0.25, 0.3) is 0 Å². The smallest absolute Gasteiger partial charge is 0.317 e. The highest BCUT2D eigenvalue weighted by molar-refractivity contribution is 5.94. The summed E-state index contributed by atoms with van der Waals surface area (Å²) in [5, 5.41) is 104. The van der Waals surface area contributed by atoms with Crippen LogP contribution >= 0.6 is 0 Å². The number of amides is 7. The summed E-state index contributed by atoms with van der Waals surface area (Å²) in [4.78, 5) is 225. The molecule has 7 amide bonds. The molecular formula is C65H97N21O27. The molecule has 624 valence electrons. The van der Waals surface area contributed by atoms with Crippen LogP contribution in [0.2, 0.25) is 0 Å². The van der Waals surface area contributed by atoms with Crippen LogP contribution in [-0.2, 0) is 52.7 Å². The van der Waals surface area contributed by atoms with E-state index in [0.717, 1.165) is 18.8 Å².